The number of rotatable bonds is 2. The summed E-state index contributed by atoms with van der Waals surface area (Å²) in [5.74, 6) is 5.12. The summed E-state index contributed by atoms with van der Waals surface area (Å²) >= 11 is 0. The van der Waals surface area contributed by atoms with Crippen LogP contribution in [0.1, 0.15) is 72.1 Å². The van der Waals surface area contributed by atoms with E-state index in [0.717, 1.165) is 29.6 Å². The standard InChI is InChI=1S/C16H30/c1-12-6-4-8-15(10-12)14(3)16-9-5-7-13(2)11-16/h12-16H,4-11H2,1-3H3. The van der Waals surface area contributed by atoms with E-state index in [0.29, 0.717) is 0 Å². The van der Waals surface area contributed by atoms with E-state index >= 15 is 0 Å². The van der Waals surface area contributed by atoms with Crippen LogP contribution in [0.5, 0.6) is 0 Å². The Morgan fingerprint density at radius 3 is 1.56 bits per heavy atom. The SMILES string of the molecule is CC1CCCC(C(C)C2CCCC(C)C2)C1. The maximum absolute atomic E-state index is 2.56. The first-order valence-electron chi connectivity index (χ1n) is 7.66. The molecule has 0 nitrogen and oxygen atoms in total. The van der Waals surface area contributed by atoms with Gasteiger partial charge in [-0.2, -0.15) is 0 Å². The third kappa shape index (κ3) is 3.02. The second-order valence-corrected chi connectivity index (χ2v) is 6.92. The van der Waals surface area contributed by atoms with E-state index in [1.54, 1.807) is 0 Å². The van der Waals surface area contributed by atoms with Gasteiger partial charge in [-0.1, -0.05) is 59.3 Å². The van der Waals surface area contributed by atoms with Crippen LogP contribution in [0.3, 0.4) is 0 Å². The molecule has 0 aromatic heterocycles. The highest BCUT2D eigenvalue weighted by Gasteiger charge is 2.31. The van der Waals surface area contributed by atoms with Crippen molar-refractivity contribution in [1.82, 2.24) is 0 Å². The van der Waals surface area contributed by atoms with Crippen LogP contribution in [0.4, 0.5) is 0 Å². The highest BCUT2D eigenvalue weighted by Crippen LogP contribution is 2.42. The van der Waals surface area contributed by atoms with Gasteiger partial charge in [-0.15, -0.1) is 0 Å². The zero-order valence-electron chi connectivity index (χ0n) is 11.5. The smallest absolute Gasteiger partial charge is 0.0383 e. The minimum absolute atomic E-state index is 1.00. The molecule has 0 spiro atoms. The first-order valence-corrected chi connectivity index (χ1v) is 7.66. The summed E-state index contributed by atoms with van der Waals surface area (Å²) in [4.78, 5) is 0. The van der Waals surface area contributed by atoms with Crippen molar-refractivity contribution in [2.45, 2.75) is 72.1 Å². The van der Waals surface area contributed by atoms with E-state index in [9.17, 15) is 0 Å². The molecule has 2 aliphatic carbocycles. The van der Waals surface area contributed by atoms with Crippen LogP contribution in [0, 0.1) is 29.6 Å². The Hall–Kier alpha value is 0. The maximum atomic E-state index is 2.56. The van der Waals surface area contributed by atoms with E-state index in [-0.39, 0.29) is 0 Å². The molecule has 0 saturated heterocycles. The van der Waals surface area contributed by atoms with Crippen molar-refractivity contribution >= 4 is 0 Å². The van der Waals surface area contributed by atoms with Crippen LogP contribution in [-0.2, 0) is 0 Å². The molecule has 2 rings (SSSR count). The molecule has 0 N–H and O–H groups in total. The molecule has 2 saturated carbocycles. The Morgan fingerprint density at radius 1 is 0.750 bits per heavy atom. The molecule has 4 atom stereocenters. The third-order valence-corrected chi connectivity index (χ3v) is 5.44. The Kier molecular flexibility index (Phi) is 4.33. The molecule has 0 aliphatic heterocycles. The van der Waals surface area contributed by atoms with Gasteiger partial charge in [0.05, 0.1) is 0 Å². The van der Waals surface area contributed by atoms with Gasteiger partial charge in [0, 0.05) is 0 Å². The lowest BCUT2D eigenvalue weighted by Gasteiger charge is -2.39. The summed E-state index contributed by atoms with van der Waals surface area (Å²) in [6.45, 7) is 7.48. The summed E-state index contributed by atoms with van der Waals surface area (Å²) in [5.41, 5.74) is 0. The highest BCUT2D eigenvalue weighted by atomic mass is 14.4. The average Bonchev–Trinajstić information content (AvgIpc) is 2.28. The van der Waals surface area contributed by atoms with Crippen LogP contribution in [0.2, 0.25) is 0 Å². The largest absolute Gasteiger partial charge is 0.0625 e. The molecular formula is C16H30. The molecule has 2 aliphatic rings. The van der Waals surface area contributed by atoms with Gasteiger partial charge in [0.25, 0.3) is 0 Å². The van der Waals surface area contributed by atoms with Gasteiger partial charge in [0.15, 0.2) is 0 Å². The fourth-order valence-electron chi connectivity index (χ4n) is 4.30. The van der Waals surface area contributed by atoms with E-state index in [2.05, 4.69) is 20.8 Å². The van der Waals surface area contributed by atoms with Crippen molar-refractivity contribution < 1.29 is 0 Å². The van der Waals surface area contributed by atoms with Crippen molar-refractivity contribution in [2.24, 2.45) is 29.6 Å². The van der Waals surface area contributed by atoms with E-state index < -0.39 is 0 Å². The summed E-state index contributed by atoms with van der Waals surface area (Å²) in [7, 11) is 0. The predicted molar refractivity (Wildman–Crippen MR) is 71.4 cm³/mol. The van der Waals surface area contributed by atoms with Crippen molar-refractivity contribution in [3.63, 3.8) is 0 Å². The molecule has 16 heavy (non-hydrogen) atoms. The Labute approximate surface area is 102 Å². The Morgan fingerprint density at radius 2 is 1.19 bits per heavy atom. The van der Waals surface area contributed by atoms with Gasteiger partial charge >= 0.3 is 0 Å². The highest BCUT2D eigenvalue weighted by molar-refractivity contribution is 4.82. The minimum Gasteiger partial charge on any atom is -0.0625 e. The average molecular weight is 222 g/mol. The fraction of sp³-hybridized carbons (Fsp3) is 1.00. The first-order chi connectivity index (χ1) is 7.66. The molecule has 0 amide bonds. The lowest BCUT2D eigenvalue weighted by Crippen LogP contribution is -2.28. The zero-order chi connectivity index (χ0) is 11.5. The summed E-state index contributed by atoms with van der Waals surface area (Å²) in [5, 5.41) is 0. The molecule has 4 unspecified atom stereocenters. The van der Waals surface area contributed by atoms with Gasteiger partial charge in [-0.3, -0.25) is 0 Å². The molecule has 94 valence electrons. The molecule has 0 heterocycles. The quantitative estimate of drug-likeness (QED) is 0.596. The van der Waals surface area contributed by atoms with Gasteiger partial charge in [-0.25, -0.2) is 0 Å². The first kappa shape index (κ1) is 12.5. The van der Waals surface area contributed by atoms with Gasteiger partial charge in [0.2, 0.25) is 0 Å². The fourth-order valence-corrected chi connectivity index (χ4v) is 4.30. The number of hydrogen-bond donors (Lipinski definition) is 0. The van der Waals surface area contributed by atoms with E-state index in [1.807, 2.05) is 0 Å². The van der Waals surface area contributed by atoms with Gasteiger partial charge in [0.1, 0.15) is 0 Å². The third-order valence-electron chi connectivity index (χ3n) is 5.44. The monoisotopic (exact) mass is 222 g/mol. The topological polar surface area (TPSA) is 0 Å². The normalized spacial score (nSPS) is 42.9. The van der Waals surface area contributed by atoms with E-state index in [1.165, 1.54) is 51.4 Å². The second kappa shape index (κ2) is 5.56. The molecule has 0 heteroatoms. The molecular weight excluding hydrogens is 192 g/mol. The summed E-state index contributed by atoms with van der Waals surface area (Å²) in [6, 6.07) is 0. The van der Waals surface area contributed by atoms with Crippen LogP contribution < -0.4 is 0 Å². The molecule has 2 fully saturated rings. The van der Waals surface area contributed by atoms with Crippen LogP contribution in [0.25, 0.3) is 0 Å². The Bertz CT molecular complexity index is 186. The van der Waals surface area contributed by atoms with Crippen molar-refractivity contribution in [2.75, 3.05) is 0 Å². The lowest BCUT2D eigenvalue weighted by atomic mass is 9.67. The lowest BCUT2D eigenvalue weighted by molar-refractivity contribution is 0.121. The zero-order valence-corrected chi connectivity index (χ0v) is 11.5. The van der Waals surface area contributed by atoms with Crippen LogP contribution in [-0.4, -0.2) is 0 Å². The van der Waals surface area contributed by atoms with Crippen molar-refractivity contribution in [3.8, 4) is 0 Å². The minimum atomic E-state index is 1.00. The summed E-state index contributed by atoms with van der Waals surface area (Å²) < 4.78 is 0. The van der Waals surface area contributed by atoms with Crippen molar-refractivity contribution in [1.29, 1.82) is 0 Å². The van der Waals surface area contributed by atoms with Crippen molar-refractivity contribution in [3.05, 3.63) is 0 Å². The van der Waals surface area contributed by atoms with Crippen LogP contribution >= 0.6 is 0 Å². The molecule has 0 aromatic carbocycles. The summed E-state index contributed by atoms with van der Waals surface area (Å²) in [6.07, 6.45) is 12.1. The predicted octanol–water partition coefficient (Wildman–Crippen LogP) is 5.28. The Balaban J connectivity index is 1.87. The molecule has 0 radical (unpaired) electrons. The van der Waals surface area contributed by atoms with Crippen LogP contribution in [0.15, 0.2) is 0 Å². The maximum Gasteiger partial charge on any atom is -0.0383 e. The van der Waals surface area contributed by atoms with Gasteiger partial charge in [-0.05, 0) is 42.4 Å². The molecule has 0 bridgehead atoms. The number of hydrogen-bond acceptors (Lipinski definition) is 0. The second-order valence-electron chi connectivity index (χ2n) is 6.92. The molecule has 0 aromatic rings. The van der Waals surface area contributed by atoms with E-state index in [4.69, 9.17) is 0 Å². The van der Waals surface area contributed by atoms with Gasteiger partial charge < -0.3 is 0 Å².